The summed E-state index contributed by atoms with van der Waals surface area (Å²) in [7, 11) is 0. The third-order valence-corrected chi connectivity index (χ3v) is 3.27. The summed E-state index contributed by atoms with van der Waals surface area (Å²) in [6.07, 6.45) is 0. The fourth-order valence-electron chi connectivity index (χ4n) is 1.56. The topological polar surface area (TPSA) is 52.0 Å². The molecule has 0 fully saturated rings. The van der Waals surface area contributed by atoms with Gasteiger partial charge in [0.05, 0.1) is 15.7 Å². The molecular weight excluding hydrogens is 287 g/mol. The van der Waals surface area contributed by atoms with Crippen molar-refractivity contribution >= 4 is 29.0 Å². The third kappa shape index (κ3) is 3.22. The Kier molecular flexibility index (Phi) is 4.02. The molecule has 0 N–H and O–H groups in total. The number of ketones is 1. The van der Waals surface area contributed by atoms with Gasteiger partial charge in [0.2, 0.25) is 0 Å². The molecule has 0 radical (unpaired) electrons. The molecule has 1 aromatic carbocycles. The number of halogens is 2. The molecule has 0 amide bonds. The van der Waals surface area contributed by atoms with Crippen LogP contribution in [0.4, 0.5) is 0 Å². The van der Waals surface area contributed by atoms with Gasteiger partial charge in [-0.3, -0.25) is 9.59 Å². The smallest absolute Gasteiger partial charge is 0.267 e. The number of nitrogens with zero attached hydrogens (tertiary/aromatic N) is 2. The molecule has 4 nitrogen and oxygen atoms in total. The number of carbonyl (C=O) groups is 1. The van der Waals surface area contributed by atoms with Gasteiger partial charge in [-0.05, 0) is 31.2 Å². The molecule has 1 heterocycles. The summed E-state index contributed by atoms with van der Waals surface area (Å²) in [5, 5.41) is 4.68. The van der Waals surface area contributed by atoms with Crippen molar-refractivity contribution in [2.75, 3.05) is 0 Å². The van der Waals surface area contributed by atoms with Crippen LogP contribution < -0.4 is 5.56 Å². The SMILES string of the molecule is Cc1ccc(=O)n(CC(=O)c2ccc(Cl)c(Cl)c2)n1. The summed E-state index contributed by atoms with van der Waals surface area (Å²) in [5.41, 5.74) is 0.741. The Bertz CT molecular complexity index is 695. The van der Waals surface area contributed by atoms with Gasteiger partial charge in [-0.15, -0.1) is 0 Å². The Labute approximate surface area is 119 Å². The zero-order valence-electron chi connectivity index (χ0n) is 10.1. The van der Waals surface area contributed by atoms with Gasteiger partial charge in [-0.2, -0.15) is 5.10 Å². The number of aryl methyl sites for hydroxylation is 1. The van der Waals surface area contributed by atoms with Crippen LogP contribution in [0.2, 0.25) is 10.0 Å². The Hall–Kier alpha value is -1.65. The summed E-state index contributed by atoms with van der Waals surface area (Å²) in [6.45, 7) is 1.62. The van der Waals surface area contributed by atoms with Crippen LogP contribution in [0.25, 0.3) is 0 Å². The van der Waals surface area contributed by atoms with Crippen molar-refractivity contribution < 1.29 is 4.79 Å². The second kappa shape index (κ2) is 5.55. The molecule has 19 heavy (non-hydrogen) atoms. The average Bonchev–Trinajstić information content (AvgIpc) is 2.37. The van der Waals surface area contributed by atoms with E-state index >= 15 is 0 Å². The van der Waals surface area contributed by atoms with Crippen LogP contribution >= 0.6 is 23.2 Å². The molecule has 1 aromatic heterocycles. The van der Waals surface area contributed by atoms with Crippen molar-refractivity contribution in [2.24, 2.45) is 0 Å². The summed E-state index contributed by atoms with van der Waals surface area (Å²) in [6, 6.07) is 7.57. The van der Waals surface area contributed by atoms with Gasteiger partial charge in [0, 0.05) is 11.6 Å². The van der Waals surface area contributed by atoms with Crippen LogP contribution in [0, 0.1) is 6.92 Å². The molecule has 0 saturated carbocycles. The van der Waals surface area contributed by atoms with Crippen LogP contribution in [-0.4, -0.2) is 15.6 Å². The minimum atomic E-state index is -0.320. The Balaban J connectivity index is 2.28. The molecule has 0 spiro atoms. The molecule has 0 saturated heterocycles. The number of hydrogen-bond donors (Lipinski definition) is 0. The number of Topliss-reactive ketones (excluding diaryl/α,β-unsaturated/α-hetero) is 1. The highest BCUT2D eigenvalue weighted by molar-refractivity contribution is 6.42. The van der Waals surface area contributed by atoms with E-state index in [1.807, 2.05) is 0 Å². The predicted molar refractivity (Wildman–Crippen MR) is 74.0 cm³/mol. The van der Waals surface area contributed by atoms with Gasteiger partial charge in [0.1, 0.15) is 6.54 Å². The zero-order chi connectivity index (χ0) is 14.0. The average molecular weight is 297 g/mol. The molecule has 98 valence electrons. The van der Waals surface area contributed by atoms with Crippen molar-refractivity contribution in [3.63, 3.8) is 0 Å². The van der Waals surface area contributed by atoms with E-state index in [2.05, 4.69) is 5.10 Å². The number of benzene rings is 1. The third-order valence-electron chi connectivity index (χ3n) is 2.53. The Morgan fingerprint density at radius 2 is 1.95 bits per heavy atom. The monoisotopic (exact) mass is 296 g/mol. The first-order valence-corrected chi connectivity index (χ1v) is 6.26. The Morgan fingerprint density at radius 1 is 1.21 bits per heavy atom. The van der Waals surface area contributed by atoms with E-state index in [9.17, 15) is 9.59 Å². The maximum absolute atomic E-state index is 12.0. The van der Waals surface area contributed by atoms with Crippen molar-refractivity contribution in [2.45, 2.75) is 13.5 Å². The van der Waals surface area contributed by atoms with Crippen molar-refractivity contribution in [1.82, 2.24) is 9.78 Å². The number of carbonyl (C=O) groups excluding carboxylic acids is 1. The molecule has 2 aromatic rings. The van der Waals surface area contributed by atoms with Crippen molar-refractivity contribution in [1.29, 1.82) is 0 Å². The highest BCUT2D eigenvalue weighted by atomic mass is 35.5. The fourth-order valence-corrected chi connectivity index (χ4v) is 1.86. The van der Waals surface area contributed by atoms with E-state index in [4.69, 9.17) is 23.2 Å². The normalized spacial score (nSPS) is 10.5. The van der Waals surface area contributed by atoms with E-state index in [1.165, 1.54) is 12.1 Å². The van der Waals surface area contributed by atoms with Crippen LogP contribution in [0.5, 0.6) is 0 Å². The van der Waals surface area contributed by atoms with Gasteiger partial charge < -0.3 is 0 Å². The van der Waals surface area contributed by atoms with E-state index in [1.54, 1.807) is 25.1 Å². The molecule has 0 atom stereocenters. The van der Waals surface area contributed by atoms with Crippen molar-refractivity contribution in [3.8, 4) is 0 Å². The number of hydrogen-bond acceptors (Lipinski definition) is 3. The first-order chi connectivity index (χ1) is 8.97. The lowest BCUT2D eigenvalue weighted by atomic mass is 10.1. The lowest BCUT2D eigenvalue weighted by Crippen LogP contribution is -2.26. The molecule has 0 bridgehead atoms. The van der Waals surface area contributed by atoms with Crippen LogP contribution in [0.3, 0.4) is 0 Å². The van der Waals surface area contributed by atoms with E-state index in [0.29, 0.717) is 21.3 Å². The lowest BCUT2D eigenvalue weighted by Gasteiger charge is -2.05. The van der Waals surface area contributed by atoms with Gasteiger partial charge in [0.15, 0.2) is 5.78 Å². The van der Waals surface area contributed by atoms with Gasteiger partial charge in [-0.1, -0.05) is 23.2 Å². The van der Waals surface area contributed by atoms with Gasteiger partial charge in [-0.25, -0.2) is 4.68 Å². The van der Waals surface area contributed by atoms with E-state index < -0.39 is 0 Å². The minimum absolute atomic E-state index is 0.127. The Morgan fingerprint density at radius 3 is 2.63 bits per heavy atom. The molecule has 0 aliphatic rings. The molecule has 0 aliphatic carbocycles. The maximum Gasteiger partial charge on any atom is 0.267 e. The standard InChI is InChI=1S/C13H10Cl2N2O2/c1-8-2-5-13(19)17(16-8)7-12(18)9-3-4-10(14)11(15)6-9/h2-6H,7H2,1H3. The van der Waals surface area contributed by atoms with Crippen LogP contribution in [-0.2, 0) is 6.54 Å². The minimum Gasteiger partial charge on any atom is -0.292 e. The molecule has 0 unspecified atom stereocenters. The second-order valence-corrected chi connectivity index (χ2v) is 4.84. The first-order valence-electron chi connectivity index (χ1n) is 5.50. The fraction of sp³-hybridized carbons (Fsp3) is 0.154. The van der Waals surface area contributed by atoms with Crippen LogP contribution in [0.1, 0.15) is 16.1 Å². The zero-order valence-corrected chi connectivity index (χ0v) is 11.6. The summed E-state index contributed by atoms with van der Waals surface area (Å²) >= 11 is 11.6. The molecule has 6 heteroatoms. The predicted octanol–water partition coefficient (Wildman–Crippen LogP) is 2.74. The van der Waals surface area contributed by atoms with E-state index in [0.717, 1.165) is 4.68 Å². The second-order valence-electron chi connectivity index (χ2n) is 4.02. The summed E-state index contributed by atoms with van der Waals surface area (Å²) < 4.78 is 1.13. The summed E-state index contributed by atoms with van der Waals surface area (Å²) in [4.78, 5) is 23.6. The molecule has 2 rings (SSSR count). The lowest BCUT2D eigenvalue weighted by molar-refractivity contribution is 0.0965. The van der Waals surface area contributed by atoms with Crippen molar-refractivity contribution in [3.05, 3.63) is 62.0 Å². The van der Waals surface area contributed by atoms with Crippen LogP contribution in [0.15, 0.2) is 35.1 Å². The maximum atomic E-state index is 12.0. The van der Waals surface area contributed by atoms with Gasteiger partial charge >= 0.3 is 0 Å². The first kappa shape index (κ1) is 13.8. The number of rotatable bonds is 3. The summed E-state index contributed by atoms with van der Waals surface area (Å²) in [5.74, 6) is -0.251. The highest BCUT2D eigenvalue weighted by Crippen LogP contribution is 2.22. The quantitative estimate of drug-likeness (QED) is 0.819. The van der Waals surface area contributed by atoms with Gasteiger partial charge in [0.25, 0.3) is 5.56 Å². The number of aromatic nitrogens is 2. The van der Waals surface area contributed by atoms with E-state index in [-0.39, 0.29) is 17.9 Å². The molecular formula is C13H10Cl2N2O2. The largest absolute Gasteiger partial charge is 0.292 e. The highest BCUT2D eigenvalue weighted by Gasteiger charge is 2.10. The molecule has 0 aliphatic heterocycles.